The highest BCUT2D eigenvalue weighted by Gasteiger charge is 2.20. The lowest BCUT2D eigenvalue weighted by Crippen LogP contribution is -2.20. The van der Waals surface area contributed by atoms with Crippen LogP contribution in [0.15, 0.2) is 22.7 Å². The van der Waals surface area contributed by atoms with E-state index in [1.807, 2.05) is 0 Å². The lowest BCUT2D eigenvalue weighted by atomic mass is 10.1. The van der Waals surface area contributed by atoms with Crippen LogP contribution < -0.4 is 0 Å². The average Bonchev–Trinajstić information content (AvgIpc) is 2.27. The van der Waals surface area contributed by atoms with Crippen LogP contribution in [0.5, 0.6) is 0 Å². The van der Waals surface area contributed by atoms with Crippen molar-refractivity contribution >= 4 is 33.5 Å². The van der Waals surface area contributed by atoms with Crippen molar-refractivity contribution in [2.75, 3.05) is 6.61 Å². The van der Waals surface area contributed by atoms with Crippen molar-refractivity contribution in [3.63, 3.8) is 0 Å². The van der Waals surface area contributed by atoms with Gasteiger partial charge in [0.2, 0.25) is 5.78 Å². The lowest BCUT2D eigenvalue weighted by molar-refractivity contribution is -0.153. The van der Waals surface area contributed by atoms with Crippen molar-refractivity contribution in [3.05, 3.63) is 34.1 Å². The van der Waals surface area contributed by atoms with Gasteiger partial charge in [0.15, 0.2) is 5.78 Å². The maximum atomic E-state index is 13.0. The summed E-state index contributed by atoms with van der Waals surface area (Å²) in [6.07, 6.45) is -0.630. The molecular weight excluding hydrogens is 307 g/mol. The van der Waals surface area contributed by atoms with Gasteiger partial charge >= 0.3 is 5.97 Å². The number of halogens is 2. The van der Waals surface area contributed by atoms with E-state index in [4.69, 9.17) is 0 Å². The summed E-state index contributed by atoms with van der Waals surface area (Å²) in [6, 6.07) is 3.57. The van der Waals surface area contributed by atoms with Gasteiger partial charge in [-0.1, -0.05) is 15.9 Å². The van der Waals surface area contributed by atoms with Gasteiger partial charge in [0.1, 0.15) is 5.82 Å². The number of hydrogen-bond donors (Lipinski definition) is 0. The van der Waals surface area contributed by atoms with Gasteiger partial charge in [0.25, 0.3) is 0 Å². The normalized spacial score (nSPS) is 9.94. The Morgan fingerprint density at radius 3 is 2.50 bits per heavy atom. The Morgan fingerprint density at radius 2 is 1.94 bits per heavy atom. The molecule has 0 saturated heterocycles. The average molecular weight is 317 g/mol. The standard InChI is InChI=1S/C12H10BrFO4/c1-2-18-12(17)11(16)6-10(15)7-3-8(13)5-9(14)4-7/h3-5H,2,6H2,1H3. The van der Waals surface area contributed by atoms with Crippen LogP contribution in [0.25, 0.3) is 0 Å². The molecule has 0 N–H and O–H groups in total. The number of Topliss-reactive ketones (excluding diaryl/α,β-unsaturated/α-hetero) is 2. The van der Waals surface area contributed by atoms with Crippen molar-refractivity contribution in [2.45, 2.75) is 13.3 Å². The van der Waals surface area contributed by atoms with Crippen molar-refractivity contribution in [1.82, 2.24) is 0 Å². The van der Waals surface area contributed by atoms with Crippen LogP contribution in [-0.4, -0.2) is 24.1 Å². The summed E-state index contributed by atoms with van der Waals surface area (Å²) in [5, 5.41) is 0. The number of benzene rings is 1. The highest BCUT2D eigenvalue weighted by Crippen LogP contribution is 2.16. The SMILES string of the molecule is CCOC(=O)C(=O)CC(=O)c1cc(F)cc(Br)c1. The molecular formula is C12H10BrFO4. The molecule has 0 amide bonds. The Morgan fingerprint density at radius 1 is 1.28 bits per heavy atom. The Bertz CT molecular complexity index is 479. The topological polar surface area (TPSA) is 60.4 Å². The highest BCUT2D eigenvalue weighted by molar-refractivity contribution is 9.10. The maximum absolute atomic E-state index is 13.0. The smallest absolute Gasteiger partial charge is 0.375 e. The molecule has 1 aromatic carbocycles. The van der Waals surface area contributed by atoms with Crippen LogP contribution in [0.2, 0.25) is 0 Å². The van der Waals surface area contributed by atoms with E-state index in [-0.39, 0.29) is 12.2 Å². The number of hydrogen-bond acceptors (Lipinski definition) is 4. The summed E-state index contributed by atoms with van der Waals surface area (Å²) in [4.78, 5) is 34.0. The second kappa shape index (κ2) is 6.39. The Balaban J connectivity index is 2.76. The van der Waals surface area contributed by atoms with Gasteiger partial charge in [-0.25, -0.2) is 9.18 Å². The number of carbonyl (C=O) groups is 3. The number of carbonyl (C=O) groups excluding carboxylic acids is 3. The first-order valence-corrected chi connectivity index (χ1v) is 5.92. The first-order chi connectivity index (χ1) is 8.43. The van der Waals surface area contributed by atoms with Crippen LogP contribution in [0.1, 0.15) is 23.7 Å². The molecule has 0 aliphatic heterocycles. The van der Waals surface area contributed by atoms with Crippen LogP contribution in [0.4, 0.5) is 4.39 Å². The molecule has 0 atom stereocenters. The Hall–Kier alpha value is -1.56. The number of rotatable bonds is 5. The fourth-order valence-corrected chi connectivity index (χ4v) is 1.71. The third-order valence-corrected chi connectivity index (χ3v) is 2.47. The largest absolute Gasteiger partial charge is 0.460 e. The molecule has 1 rings (SSSR count). The second-order valence-electron chi connectivity index (χ2n) is 3.40. The van der Waals surface area contributed by atoms with Gasteiger partial charge < -0.3 is 4.74 Å². The minimum Gasteiger partial charge on any atom is -0.460 e. The minimum atomic E-state index is -1.05. The molecule has 0 spiro atoms. The molecule has 4 nitrogen and oxygen atoms in total. The monoisotopic (exact) mass is 316 g/mol. The summed E-state index contributed by atoms with van der Waals surface area (Å²) in [5.41, 5.74) is 0.0273. The predicted molar refractivity (Wildman–Crippen MR) is 64.7 cm³/mol. The zero-order valence-corrected chi connectivity index (χ0v) is 11.1. The van der Waals surface area contributed by atoms with E-state index in [0.29, 0.717) is 4.47 Å². The summed E-state index contributed by atoms with van der Waals surface area (Å²) in [6.45, 7) is 1.61. The predicted octanol–water partition coefficient (Wildman–Crippen LogP) is 2.29. The zero-order valence-electron chi connectivity index (χ0n) is 9.54. The maximum Gasteiger partial charge on any atom is 0.375 e. The number of ketones is 2. The van der Waals surface area contributed by atoms with Crippen molar-refractivity contribution in [1.29, 1.82) is 0 Å². The molecule has 0 saturated carbocycles. The lowest BCUT2D eigenvalue weighted by Gasteiger charge is -2.02. The number of esters is 1. The van der Waals surface area contributed by atoms with E-state index < -0.39 is 29.8 Å². The molecule has 0 bridgehead atoms. The van der Waals surface area contributed by atoms with E-state index in [9.17, 15) is 18.8 Å². The molecule has 1 aromatic rings. The summed E-state index contributed by atoms with van der Waals surface area (Å²) in [5.74, 6) is -3.23. The third kappa shape index (κ3) is 4.03. The molecule has 0 fully saturated rings. The van der Waals surface area contributed by atoms with Crippen LogP contribution in [0, 0.1) is 5.82 Å². The first-order valence-electron chi connectivity index (χ1n) is 5.13. The van der Waals surface area contributed by atoms with Crippen LogP contribution >= 0.6 is 15.9 Å². The molecule has 0 aliphatic rings. The Kier molecular flexibility index (Phi) is 5.15. The van der Waals surface area contributed by atoms with Gasteiger partial charge in [-0.15, -0.1) is 0 Å². The van der Waals surface area contributed by atoms with E-state index >= 15 is 0 Å². The quantitative estimate of drug-likeness (QED) is 0.362. The van der Waals surface area contributed by atoms with Gasteiger partial charge in [-0.3, -0.25) is 9.59 Å². The molecule has 0 heterocycles. The van der Waals surface area contributed by atoms with E-state index in [1.54, 1.807) is 6.92 Å². The van der Waals surface area contributed by atoms with Crippen molar-refractivity contribution in [3.8, 4) is 0 Å². The van der Waals surface area contributed by atoms with Gasteiger partial charge in [0.05, 0.1) is 13.0 Å². The van der Waals surface area contributed by atoms with Gasteiger partial charge in [-0.2, -0.15) is 0 Å². The van der Waals surface area contributed by atoms with Gasteiger partial charge in [0, 0.05) is 10.0 Å². The fraction of sp³-hybridized carbons (Fsp3) is 0.250. The number of ether oxygens (including phenoxy) is 1. The van der Waals surface area contributed by atoms with Crippen molar-refractivity contribution < 1.29 is 23.5 Å². The molecule has 0 aliphatic carbocycles. The Labute approximate surface area is 111 Å². The third-order valence-electron chi connectivity index (χ3n) is 2.01. The van der Waals surface area contributed by atoms with Gasteiger partial charge in [-0.05, 0) is 25.1 Å². The molecule has 6 heteroatoms. The van der Waals surface area contributed by atoms with E-state index in [0.717, 1.165) is 6.07 Å². The fourth-order valence-electron chi connectivity index (χ4n) is 1.25. The molecule has 96 valence electrons. The highest BCUT2D eigenvalue weighted by atomic mass is 79.9. The summed E-state index contributed by atoms with van der Waals surface area (Å²) in [7, 11) is 0. The minimum absolute atomic E-state index is 0.0273. The second-order valence-corrected chi connectivity index (χ2v) is 4.32. The van der Waals surface area contributed by atoms with E-state index in [2.05, 4.69) is 20.7 Å². The zero-order chi connectivity index (χ0) is 13.7. The van der Waals surface area contributed by atoms with Crippen LogP contribution in [0.3, 0.4) is 0 Å². The molecule has 18 heavy (non-hydrogen) atoms. The summed E-state index contributed by atoms with van der Waals surface area (Å²) >= 11 is 3.03. The van der Waals surface area contributed by atoms with E-state index in [1.165, 1.54) is 12.1 Å². The molecule has 0 radical (unpaired) electrons. The van der Waals surface area contributed by atoms with Crippen LogP contribution in [-0.2, 0) is 14.3 Å². The molecule has 0 aromatic heterocycles. The first kappa shape index (κ1) is 14.5. The van der Waals surface area contributed by atoms with Crippen molar-refractivity contribution in [2.24, 2.45) is 0 Å². The summed E-state index contributed by atoms with van der Waals surface area (Å²) < 4.78 is 17.9. The molecule has 0 unspecified atom stereocenters.